The van der Waals surface area contributed by atoms with Crippen LogP contribution < -0.4 is 5.32 Å². The Labute approximate surface area is 206 Å². The number of rotatable bonds is 8. The lowest BCUT2D eigenvalue weighted by atomic mass is 10.0. The Morgan fingerprint density at radius 2 is 1.86 bits per heavy atom. The monoisotopic (exact) mass is 498 g/mol. The zero-order chi connectivity index (χ0) is 24.9. The molecule has 1 aliphatic rings. The Bertz CT molecular complexity index is 1180. The van der Waals surface area contributed by atoms with Crippen LogP contribution in [0.1, 0.15) is 40.5 Å². The third-order valence-electron chi connectivity index (χ3n) is 6.14. The summed E-state index contributed by atoms with van der Waals surface area (Å²) in [6.07, 6.45) is -1.94. The summed E-state index contributed by atoms with van der Waals surface area (Å²) in [7, 11) is 0. The van der Waals surface area contributed by atoms with Crippen LogP contribution >= 0.6 is 11.3 Å². The molecule has 2 heterocycles. The van der Waals surface area contributed by atoms with Gasteiger partial charge < -0.3 is 25.5 Å². The van der Waals surface area contributed by atoms with E-state index < -0.39 is 24.0 Å². The lowest BCUT2D eigenvalue weighted by Crippen LogP contribution is -2.50. The van der Waals surface area contributed by atoms with E-state index in [2.05, 4.69) is 5.32 Å². The molecule has 4 N–H and O–H groups in total. The van der Waals surface area contributed by atoms with E-state index in [0.717, 1.165) is 21.6 Å². The third-order valence-corrected chi connectivity index (χ3v) is 7.13. The van der Waals surface area contributed by atoms with Gasteiger partial charge in [0.15, 0.2) is 12.2 Å². The van der Waals surface area contributed by atoms with Gasteiger partial charge in [0.05, 0.1) is 12.6 Å². The van der Waals surface area contributed by atoms with Crippen LogP contribution in [0.4, 0.5) is 4.39 Å². The molecule has 0 aliphatic carbocycles. The first-order valence-electron chi connectivity index (χ1n) is 11.4. The normalized spacial score (nSPS) is 17.2. The van der Waals surface area contributed by atoms with Gasteiger partial charge in [0, 0.05) is 17.8 Å². The van der Waals surface area contributed by atoms with Crippen LogP contribution in [0.15, 0.2) is 60.0 Å². The molecule has 1 aromatic heterocycles. The number of aliphatic hydroxyl groups excluding tert-OH is 2. The molecule has 2 amide bonds. The summed E-state index contributed by atoms with van der Waals surface area (Å²) in [5.74, 6) is -1.75. The molecular weight excluding hydrogens is 471 g/mol. The van der Waals surface area contributed by atoms with Crippen LogP contribution in [-0.2, 0) is 22.6 Å². The highest BCUT2D eigenvalue weighted by Crippen LogP contribution is 2.32. The number of phenols is 1. The van der Waals surface area contributed by atoms with Gasteiger partial charge in [0.1, 0.15) is 11.6 Å². The molecule has 0 saturated carbocycles. The van der Waals surface area contributed by atoms with Crippen LogP contribution in [0.3, 0.4) is 0 Å². The molecule has 1 saturated heterocycles. The van der Waals surface area contributed by atoms with Crippen molar-refractivity contribution in [1.82, 2.24) is 10.2 Å². The molecule has 0 radical (unpaired) electrons. The van der Waals surface area contributed by atoms with Gasteiger partial charge in [-0.3, -0.25) is 9.59 Å². The van der Waals surface area contributed by atoms with Crippen molar-refractivity contribution in [3.8, 4) is 5.75 Å². The van der Waals surface area contributed by atoms with Crippen molar-refractivity contribution in [1.29, 1.82) is 0 Å². The quantitative estimate of drug-likeness (QED) is 0.382. The molecule has 7 nitrogen and oxygen atoms in total. The van der Waals surface area contributed by atoms with Crippen molar-refractivity contribution in [3.05, 3.63) is 87.4 Å². The number of amides is 2. The van der Waals surface area contributed by atoms with Crippen molar-refractivity contribution in [2.75, 3.05) is 6.54 Å². The van der Waals surface area contributed by atoms with Crippen LogP contribution in [0.5, 0.6) is 5.75 Å². The van der Waals surface area contributed by atoms with Crippen molar-refractivity contribution in [2.45, 2.75) is 44.1 Å². The number of thiophene rings is 1. The number of carbonyl (C=O) groups is 2. The van der Waals surface area contributed by atoms with Crippen molar-refractivity contribution in [2.24, 2.45) is 0 Å². The minimum atomic E-state index is -1.92. The molecule has 3 atom stereocenters. The van der Waals surface area contributed by atoms with Crippen molar-refractivity contribution < 1.29 is 29.3 Å². The van der Waals surface area contributed by atoms with Crippen molar-refractivity contribution >= 4 is 23.2 Å². The highest BCUT2D eigenvalue weighted by molar-refractivity contribution is 7.10. The number of para-hydroxylation sites is 1. The van der Waals surface area contributed by atoms with Crippen LogP contribution in [0, 0.1) is 5.82 Å². The maximum atomic E-state index is 13.3. The summed E-state index contributed by atoms with van der Waals surface area (Å²) in [4.78, 5) is 27.6. The standard InChI is InChI=1S/C26H27FN2O5S/c27-19-9-7-17(8-10-19)21-5-3-11-29(21)26(34)24(32)23(31)25(33)28-14-20-13-16(15-35-20)12-18-4-1-2-6-22(18)30/h1-2,4,6-10,13,15,21,23-24,30-32H,3,5,11-12,14H2,(H,28,33)/t21?,23-,24-/m1/s1. The van der Waals surface area contributed by atoms with E-state index >= 15 is 0 Å². The number of nitrogens with zero attached hydrogens (tertiary/aromatic N) is 1. The summed E-state index contributed by atoms with van der Waals surface area (Å²) in [5.41, 5.74) is 2.50. The Kier molecular flexibility index (Phi) is 7.80. The molecule has 1 aliphatic heterocycles. The number of aliphatic hydroxyl groups is 2. The number of carbonyl (C=O) groups excluding carboxylic acids is 2. The molecule has 0 spiro atoms. The Morgan fingerprint density at radius 3 is 2.60 bits per heavy atom. The van der Waals surface area contributed by atoms with Gasteiger partial charge in [-0.25, -0.2) is 4.39 Å². The summed E-state index contributed by atoms with van der Waals surface area (Å²) >= 11 is 1.42. The third kappa shape index (κ3) is 5.87. The van der Waals surface area contributed by atoms with E-state index in [1.54, 1.807) is 24.3 Å². The summed E-state index contributed by atoms with van der Waals surface area (Å²) < 4.78 is 13.3. The smallest absolute Gasteiger partial charge is 0.255 e. The van der Waals surface area contributed by atoms with Gasteiger partial charge in [0.25, 0.3) is 11.8 Å². The molecule has 3 aromatic rings. The van der Waals surface area contributed by atoms with Gasteiger partial charge in [0.2, 0.25) is 0 Å². The number of nitrogens with one attached hydrogen (secondary N) is 1. The average Bonchev–Trinajstić information content (AvgIpc) is 3.53. The number of phenolic OH excluding ortho intramolecular Hbond substituents is 1. The molecule has 35 heavy (non-hydrogen) atoms. The minimum absolute atomic E-state index is 0.129. The fourth-order valence-electron chi connectivity index (χ4n) is 4.28. The molecule has 4 rings (SSSR count). The van der Waals surface area contributed by atoms with Gasteiger partial charge >= 0.3 is 0 Å². The maximum Gasteiger partial charge on any atom is 0.255 e. The second-order valence-corrected chi connectivity index (χ2v) is 9.57. The summed E-state index contributed by atoms with van der Waals surface area (Å²) in [6, 6.07) is 14.4. The Morgan fingerprint density at radius 1 is 1.11 bits per heavy atom. The maximum absolute atomic E-state index is 13.3. The first kappa shape index (κ1) is 24.8. The number of aromatic hydroxyl groups is 1. The summed E-state index contributed by atoms with van der Waals surface area (Å²) in [5, 5.41) is 35.2. The van der Waals surface area contributed by atoms with Crippen LogP contribution in [0.25, 0.3) is 0 Å². The number of benzene rings is 2. The largest absolute Gasteiger partial charge is 0.508 e. The van der Waals surface area contributed by atoms with E-state index in [1.807, 2.05) is 23.6 Å². The van der Waals surface area contributed by atoms with Gasteiger partial charge in [-0.1, -0.05) is 30.3 Å². The predicted molar refractivity (Wildman–Crippen MR) is 129 cm³/mol. The van der Waals surface area contributed by atoms with Gasteiger partial charge in [-0.05, 0) is 59.2 Å². The molecule has 2 aromatic carbocycles. The number of likely N-dealkylation sites (tertiary alicyclic amines) is 1. The van der Waals surface area contributed by atoms with E-state index in [1.165, 1.54) is 28.4 Å². The van der Waals surface area contributed by atoms with Crippen LogP contribution in [-0.4, -0.2) is 50.8 Å². The van der Waals surface area contributed by atoms with Gasteiger partial charge in [-0.15, -0.1) is 11.3 Å². The fourth-order valence-corrected chi connectivity index (χ4v) is 5.11. The second kappa shape index (κ2) is 11.0. The lowest BCUT2D eigenvalue weighted by Gasteiger charge is -2.28. The lowest BCUT2D eigenvalue weighted by molar-refractivity contribution is -0.153. The van der Waals surface area contributed by atoms with Crippen molar-refractivity contribution in [3.63, 3.8) is 0 Å². The molecule has 1 fully saturated rings. The number of halogens is 1. The highest BCUT2D eigenvalue weighted by atomic mass is 32.1. The fraction of sp³-hybridized carbons (Fsp3) is 0.308. The molecule has 1 unspecified atom stereocenters. The topological polar surface area (TPSA) is 110 Å². The Hall–Kier alpha value is -3.27. The first-order valence-corrected chi connectivity index (χ1v) is 12.2. The minimum Gasteiger partial charge on any atom is -0.508 e. The molecular formula is C26H27FN2O5S. The predicted octanol–water partition coefficient (Wildman–Crippen LogP) is 2.89. The molecule has 0 bridgehead atoms. The number of hydrogen-bond donors (Lipinski definition) is 4. The van der Waals surface area contributed by atoms with Crippen LogP contribution in [0.2, 0.25) is 0 Å². The average molecular weight is 499 g/mol. The zero-order valence-corrected chi connectivity index (χ0v) is 19.7. The SMILES string of the molecule is O=C(NCc1cc(Cc2ccccc2O)cs1)[C@H](O)[C@@H](O)C(=O)N1CCCC1c1ccc(F)cc1. The van der Waals surface area contributed by atoms with E-state index in [9.17, 15) is 29.3 Å². The number of hydrogen-bond acceptors (Lipinski definition) is 6. The zero-order valence-electron chi connectivity index (χ0n) is 18.9. The first-order chi connectivity index (χ1) is 16.8. The van der Waals surface area contributed by atoms with E-state index in [0.29, 0.717) is 25.8 Å². The molecule has 184 valence electrons. The second-order valence-electron chi connectivity index (χ2n) is 8.58. The highest BCUT2D eigenvalue weighted by Gasteiger charge is 2.38. The van der Waals surface area contributed by atoms with Gasteiger partial charge in [-0.2, -0.15) is 0 Å². The Balaban J connectivity index is 1.32. The molecule has 9 heteroatoms. The summed E-state index contributed by atoms with van der Waals surface area (Å²) in [6.45, 7) is 0.505. The van der Waals surface area contributed by atoms with E-state index in [4.69, 9.17) is 0 Å². The van der Waals surface area contributed by atoms with E-state index in [-0.39, 0.29) is 24.2 Å².